The van der Waals surface area contributed by atoms with E-state index >= 15 is 0 Å². The molecule has 0 aromatic heterocycles. The topological polar surface area (TPSA) is 58.4 Å². The lowest BCUT2D eigenvalue weighted by molar-refractivity contribution is -0.116. The minimum absolute atomic E-state index is 0.180. The van der Waals surface area contributed by atoms with Gasteiger partial charge in [0.15, 0.2) is 0 Å². The number of fused-ring (bicyclic) bond motifs is 1. The number of hydrogen-bond acceptors (Lipinski definition) is 3. The first-order valence-corrected chi connectivity index (χ1v) is 5.92. The Morgan fingerprint density at radius 3 is 2.71 bits per heavy atom. The van der Waals surface area contributed by atoms with Gasteiger partial charge in [0.1, 0.15) is 6.04 Å². The molecule has 0 spiro atoms. The summed E-state index contributed by atoms with van der Waals surface area (Å²) in [5, 5.41) is 3.38. The van der Waals surface area contributed by atoms with Crippen LogP contribution in [0.25, 0.3) is 0 Å². The SMILES string of the molecule is CC(C)N(C)c1cc2c(cc1Cl)C(N)C(=O)N2. The highest BCUT2D eigenvalue weighted by Gasteiger charge is 2.28. The van der Waals surface area contributed by atoms with Gasteiger partial charge in [0.25, 0.3) is 0 Å². The van der Waals surface area contributed by atoms with Gasteiger partial charge in [-0.1, -0.05) is 11.6 Å². The molecule has 92 valence electrons. The lowest BCUT2D eigenvalue weighted by Crippen LogP contribution is -2.25. The smallest absolute Gasteiger partial charge is 0.245 e. The third kappa shape index (κ3) is 1.98. The number of anilines is 2. The Hall–Kier alpha value is -1.26. The number of nitrogens with one attached hydrogen (secondary N) is 1. The molecule has 1 amide bonds. The third-order valence-corrected chi connectivity index (χ3v) is 3.45. The predicted molar refractivity (Wildman–Crippen MR) is 70.5 cm³/mol. The van der Waals surface area contributed by atoms with E-state index in [1.54, 1.807) is 6.07 Å². The average Bonchev–Trinajstić information content (AvgIpc) is 2.53. The summed E-state index contributed by atoms with van der Waals surface area (Å²) in [6, 6.07) is 3.37. The molecule has 1 unspecified atom stereocenters. The van der Waals surface area contributed by atoms with Gasteiger partial charge in [0.05, 0.1) is 10.7 Å². The lowest BCUT2D eigenvalue weighted by atomic mass is 10.1. The van der Waals surface area contributed by atoms with Gasteiger partial charge in [0.2, 0.25) is 5.91 Å². The number of rotatable bonds is 2. The number of benzene rings is 1. The van der Waals surface area contributed by atoms with E-state index in [1.807, 2.05) is 13.1 Å². The molecule has 17 heavy (non-hydrogen) atoms. The highest BCUT2D eigenvalue weighted by atomic mass is 35.5. The maximum absolute atomic E-state index is 11.5. The Morgan fingerprint density at radius 1 is 1.47 bits per heavy atom. The van der Waals surface area contributed by atoms with E-state index < -0.39 is 6.04 Å². The van der Waals surface area contributed by atoms with Crippen LogP contribution in [0.5, 0.6) is 0 Å². The van der Waals surface area contributed by atoms with E-state index in [-0.39, 0.29) is 5.91 Å². The van der Waals surface area contributed by atoms with Crippen LogP contribution >= 0.6 is 11.6 Å². The predicted octanol–water partition coefficient (Wildman–Crippen LogP) is 2.14. The summed E-state index contributed by atoms with van der Waals surface area (Å²) in [5.74, 6) is -0.180. The minimum Gasteiger partial charge on any atom is -0.371 e. The minimum atomic E-state index is -0.610. The van der Waals surface area contributed by atoms with E-state index in [2.05, 4.69) is 24.1 Å². The largest absolute Gasteiger partial charge is 0.371 e. The van der Waals surface area contributed by atoms with Gasteiger partial charge in [-0.05, 0) is 26.0 Å². The van der Waals surface area contributed by atoms with E-state index in [1.165, 1.54) is 0 Å². The van der Waals surface area contributed by atoms with Crippen molar-refractivity contribution in [3.63, 3.8) is 0 Å². The highest BCUT2D eigenvalue weighted by molar-refractivity contribution is 6.33. The molecule has 0 radical (unpaired) electrons. The molecule has 1 aromatic rings. The molecule has 0 aliphatic carbocycles. The normalized spacial score (nSPS) is 18.2. The van der Waals surface area contributed by atoms with E-state index in [4.69, 9.17) is 17.3 Å². The summed E-state index contributed by atoms with van der Waals surface area (Å²) in [6.07, 6.45) is 0. The second-order valence-corrected chi connectivity index (χ2v) is 4.97. The number of carbonyl (C=O) groups is 1. The van der Waals surface area contributed by atoms with Gasteiger partial charge < -0.3 is 16.0 Å². The van der Waals surface area contributed by atoms with Crippen molar-refractivity contribution in [3.8, 4) is 0 Å². The summed E-state index contributed by atoms with van der Waals surface area (Å²) < 4.78 is 0. The van der Waals surface area contributed by atoms with Crippen LogP contribution in [0.1, 0.15) is 25.5 Å². The summed E-state index contributed by atoms with van der Waals surface area (Å²) in [4.78, 5) is 13.5. The fraction of sp³-hybridized carbons (Fsp3) is 0.417. The van der Waals surface area contributed by atoms with Crippen molar-refractivity contribution in [2.24, 2.45) is 5.73 Å². The summed E-state index contributed by atoms with van der Waals surface area (Å²) in [5.41, 5.74) is 8.18. The molecule has 1 heterocycles. The van der Waals surface area contributed by atoms with Crippen LogP contribution in [-0.2, 0) is 4.79 Å². The summed E-state index contributed by atoms with van der Waals surface area (Å²) in [6.45, 7) is 4.15. The highest BCUT2D eigenvalue weighted by Crippen LogP contribution is 2.38. The van der Waals surface area contributed by atoms with Crippen LogP contribution in [0, 0.1) is 0 Å². The number of hydrogen-bond donors (Lipinski definition) is 2. The maximum Gasteiger partial charge on any atom is 0.245 e. The molecule has 1 aliphatic rings. The Bertz CT molecular complexity index is 473. The first-order chi connectivity index (χ1) is 7.91. The molecule has 4 nitrogen and oxygen atoms in total. The molecule has 1 aromatic carbocycles. The number of amides is 1. The van der Waals surface area contributed by atoms with Gasteiger partial charge >= 0.3 is 0 Å². The zero-order valence-electron chi connectivity index (χ0n) is 10.1. The zero-order chi connectivity index (χ0) is 12.7. The molecule has 3 N–H and O–H groups in total. The van der Waals surface area contributed by atoms with Crippen molar-refractivity contribution >= 4 is 28.9 Å². The van der Waals surface area contributed by atoms with E-state index in [0.717, 1.165) is 16.9 Å². The molecular weight excluding hydrogens is 238 g/mol. The molecule has 1 aliphatic heterocycles. The first kappa shape index (κ1) is 12.2. The molecule has 2 rings (SSSR count). The molecule has 0 bridgehead atoms. The Morgan fingerprint density at radius 2 is 2.12 bits per heavy atom. The molecule has 0 saturated carbocycles. The summed E-state index contributed by atoms with van der Waals surface area (Å²) in [7, 11) is 1.97. The van der Waals surface area contributed by atoms with E-state index in [0.29, 0.717) is 11.1 Å². The quantitative estimate of drug-likeness (QED) is 0.849. The van der Waals surface area contributed by atoms with Crippen molar-refractivity contribution < 1.29 is 4.79 Å². The van der Waals surface area contributed by atoms with E-state index in [9.17, 15) is 4.79 Å². The number of nitrogens with two attached hydrogens (primary N) is 1. The van der Waals surface area contributed by atoms with Crippen molar-refractivity contribution in [1.82, 2.24) is 0 Å². The zero-order valence-corrected chi connectivity index (χ0v) is 10.9. The third-order valence-electron chi connectivity index (χ3n) is 3.15. The molecule has 0 fully saturated rings. The number of halogens is 1. The van der Waals surface area contributed by atoms with Crippen LogP contribution in [0.3, 0.4) is 0 Å². The standard InChI is InChI=1S/C12H16ClN3O/c1-6(2)16(3)10-5-9-7(4-8(10)13)11(14)12(17)15-9/h4-6,11H,14H2,1-3H3,(H,15,17). The second-order valence-electron chi connectivity index (χ2n) is 4.56. The average molecular weight is 254 g/mol. The lowest BCUT2D eigenvalue weighted by Gasteiger charge is -2.25. The van der Waals surface area contributed by atoms with Gasteiger partial charge in [-0.15, -0.1) is 0 Å². The van der Waals surface area contributed by atoms with Gasteiger partial charge in [-0.25, -0.2) is 0 Å². The molecule has 1 atom stereocenters. The Balaban J connectivity index is 2.47. The van der Waals surface area contributed by atoms with Gasteiger partial charge in [-0.3, -0.25) is 4.79 Å². The number of nitrogens with zero attached hydrogens (tertiary/aromatic N) is 1. The van der Waals surface area contributed by atoms with Gasteiger partial charge in [-0.2, -0.15) is 0 Å². The van der Waals surface area contributed by atoms with Crippen LogP contribution in [-0.4, -0.2) is 19.0 Å². The van der Waals surface area contributed by atoms with Crippen molar-refractivity contribution in [2.45, 2.75) is 25.9 Å². The van der Waals surface area contributed by atoms with Crippen LogP contribution in [0.2, 0.25) is 5.02 Å². The Labute approximate surface area is 106 Å². The van der Waals surface area contributed by atoms with Crippen LogP contribution in [0.4, 0.5) is 11.4 Å². The van der Waals surface area contributed by atoms with Crippen molar-refractivity contribution in [2.75, 3.05) is 17.3 Å². The monoisotopic (exact) mass is 253 g/mol. The summed E-state index contributed by atoms with van der Waals surface area (Å²) >= 11 is 6.22. The van der Waals surface area contributed by atoms with Crippen molar-refractivity contribution in [1.29, 1.82) is 0 Å². The van der Waals surface area contributed by atoms with Crippen molar-refractivity contribution in [3.05, 3.63) is 22.7 Å². The molecule has 0 saturated heterocycles. The number of carbonyl (C=O) groups excluding carboxylic acids is 1. The maximum atomic E-state index is 11.5. The second kappa shape index (κ2) is 4.20. The Kier molecular flexibility index (Phi) is 3.02. The fourth-order valence-corrected chi connectivity index (χ4v) is 2.15. The fourth-order valence-electron chi connectivity index (χ4n) is 1.84. The van der Waals surface area contributed by atoms with Gasteiger partial charge in [0, 0.05) is 24.3 Å². The molecule has 5 heteroatoms. The molecular formula is C12H16ClN3O. The first-order valence-electron chi connectivity index (χ1n) is 5.54. The van der Waals surface area contributed by atoms with Crippen LogP contribution < -0.4 is 16.0 Å². The van der Waals surface area contributed by atoms with Crippen LogP contribution in [0.15, 0.2) is 12.1 Å².